The van der Waals surface area contributed by atoms with Crippen molar-refractivity contribution in [2.75, 3.05) is 6.61 Å². The van der Waals surface area contributed by atoms with E-state index in [0.29, 0.717) is 31.9 Å². The molecule has 1 aliphatic rings. The van der Waals surface area contributed by atoms with Crippen molar-refractivity contribution in [3.05, 3.63) is 51.5 Å². The second kappa shape index (κ2) is 7.76. The lowest BCUT2D eigenvalue weighted by Gasteiger charge is -2.13. The topological polar surface area (TPSA) is 71.5 Å². The Morgan fingerprint density at radius 3 is 2.88 bits per heavy atom. The van der Waals surface area contributed by atoms with Gasteiger partial charge in [-0.25, -0.2) is 4.98 Å². The molecule has 0 bridgehead atoms. The van der Waals surface area contributed by atoms with Gasteiger partial charge < -0.3 is 15.0 Å². The van der Waals surface area contributed by atoms with Crippen LogP contribution in [0.2, 0.25) is 0 Å². The third-order valence-corrected chi connectivity index (χ3v) is 4.77. The SMILES string of the molecule is CCOC(C)C(=O)NCc1ccc2c(c1)CN(C(=O)c1cscn1)C2. The fourth-order valence-electron chi connectivity index (χ4n) is 2.84. The number of rotatable bonds is 6. The van der Waals surface area contributed by atoms with Gasteiger partial charge in [0.15, 0.2) is 0 Å². The van der Waals surface area contributed by atoms with E-state index in [9.17, 15) is 9.59 Å². The van der Waals surface area contributed by atoms with Gasteiger partial charge in [0.1, 0.15) is 11.8 Å². The molecular formula is C18H21N3O3S. The molecule has 0 aliphatic carbocycles. The second-order valence-electron chi connectivity index (χ2n) is 5.95. The van der Waals surface area contributed by atoms with E-state index in [4.69, 9.17) is 4.74 Å². The molecule has 1 unspecified atom stereocenters. The molecular weight excluding hydrogens is 338 g/mol. The zero-order valence-electron chi connectivity index (χ0n) is 14.3. The Balaban J connectivity index is 1.60. The molecule has 1 atom stereocenters. The number of nitrogens with one attached hydrogen (secondary N) is 1. The smallest absolute Gasteiger partial charge is 0.273 e. The Labute approximate surface area is 150 Å². The molecule has 1 aliphatic heterocycles. The number of fused-ring (bicyclic) bond motifs is 1. The Morgan fingerprint density at radius 1 is 1.36 bits per heavy atom. The number of carbonyl (C=O) groups excluding carboxylic acids is 2. The number of aromatic nitrogens is 1. The van der Waals surface area contributed by atoms with E-state index in [1.54, 1.807) is 22.7 Å². The third kappa shape index (κ3) is 4.05. The minimum Gasteiger partial charge on any atom is -0.369 e. The van der Waals surface area contributed by atoms with Crippen LogP contribution in [-0.4, -0.2) is 34.4 Å². The number of ether oxygens (including phenoxy) is 1. The third-order valence-electron chi connectivity index (χ3n) is 4.18. The highest BCUT2D eigenvalue weighted by atomic mass is 32.1. The normalized spacial score (nSPS) is 14.2. The van der Waals surface area contributed by atoms with Crippen molar-refractivity contribution in [2.45, 2.75) is 39.6 Å². The molecule has 2 heterocycles. The van der Waals surface area contributed by atoms with Gasteiger partial charge in [-0.05, 0) is 30.5 Å². The van der Waals surface area contributed by atoms with Gasteiger partial charge in [0.2, 0.25) is 5.91 Å². The molecule has 0 saturated carbocycles. The number of hydrogen-bond acceptors (Lipinski definition) is 5. The first-order chi connectivity index (χ1) is 12.1. The van der Waals surface area contributed by atoms with E-state index >= 15 is 0 Å². The summed E-state index contributed by atoms with van der Waals surface area (Å²) in [6.07, 6.45) is -0.453. The van der Waals surface area contributed by atoms with Crippen LogP contribution in [0.3, 0.4) is 0 Å². The highest BCUT2D eigenvalue weighted by Gasteiger charge is 2.25. The molecule has 1 aromatic carbocycles. The molecule has 7 heteroatoms. The van der Waals surface area contributed by atoms with E-state index in [-0.39, 0.29) is 11.8 Å². The van der Waals surface area contributed by atoms with Crippen LogP contribution in [0.25, 0.3) is 0 Å². The van der Waals surface area contributed by atoms with Crippen LogP contribution in [0, 0.1) is 0 Å². The van der Waals surface area contributed by atoms with Crippen molar-refractivity contribution in [3.8, 4) is 0 Å². The van der Waals surface area contributed by atoms with E-state index in [2.05, 4.69) is 16.4 Å². The fraction of sp³-hybridized carbons (Fsp3) is 0.389. The first-order valence-electron chi connectivity index (χ1n) is 8.26. The van der Waals surface area contributed by atoms with Gasteiger partial charge in [-0.1, -0.05) is 18.2 Å². The van der Waals surface area contributed by atoms with Crippen molar-refractivity contribution in [1.82, 2.24) is 15.2 Å². The molecule has 0 saturated heterocycles. The highest BCUT2D eigenvalue weighted by molar-refractivity contribution is 7.07. The average molecular weight is 359 g/mol. The summed E-state index contributed by atoms with van der Waals surface area (Å²) in [6.45, 7) is 5.73. The summed E-state index contributed by atoms with van der Waals surface area (Å²) in [4.78, 5) is 30.2. The van der Waals surface area contributed by atoms with Crippen LogP contribution in [0.4, 0.5) is 0 Å². The summed E-state index contributed by atoms with van der Waals surface area (Å²) < 4.78 is 5.28. The van der Waals surface area contributed by atoms with Crippen LogP contribution >= 0.6 is 11.3 Å². The lowest BCUT2D eigenvalue weighted by atomic mass is 10.1. The van der Waals surface area contributed by atoms with Crippen LogP contribution in [0.1, 0.15) is 41.0 Å². The first-order valence-corrected chi connectivity index (χ1v) is 9.20. The summed E-state index contributed by atoms with van der Waals surface area (Å²) >= 11 is 1.42. The van der Waals surface area contributed by atoms with E-state index in [1.165, 1.54) is 11.3 Å². The molecule has 0 radical (unpaired) electrons. The number of carbonyl (C=O) groups is 2. The largest absolute Gasteiger partial charge is 0.369 e. The molecule has 2 amide bonds. The average Bonchev–Trinajstić information content (AvgIpc) is 3.28. The van der Waals surface area contributed by atoms with Crippen LogP contribution in [0.5, 0.6) is 0 Å². The zero-order chi connectivity index (χ0) is 17.8. The predicted octanol–water partition coefficient (Wildman–Crippen LogP) is 2.34. The number of hydrogen-bond donors (Lipinski definition) is 1. The Morgan fingerprint density at radius 2 is 2.16 bits per heavy atom. The summed E-state index contributed by atoms with van der Waals surface area (Å²) in [5.41, 5.74) is 5.43. The Bertz CT molecular complexity index is 761. The number of nitrogens with zero attached hydrogens (tertiary/aromatic N) is 2. The van der Waals surface area contributed by atoms with Crippen LogP contribution in [-0.2, 0) is 29.2 Å². The van der Waals surface area contributed by atoms with Crippen molar-refractivity contribution in [3.63, 3.8) is 0 Å². The quantitative estimate of drug-likeness (QED) is 0.859. The highest BCUT2D eigenvalue weighted by Crippen LogP contribution is 2.25. The zero-order valence-corrected chi connectivity index (χ0v) is 15.1. The van der Waals surface area contributed by atoms with Gasteiger partial charge in [0.25, 0.3) is 5.91 Å². The van der Waals surface area contributed by atoms with Gasteiger partial charge in [-0.15, -0.1) is 11.3 Å². The van der Waals surface area contributed by atoms with Crippen LogP contribution < -0.4 is 5.32 Å². The van der Waals surface area contributed by atoms with Gasteiger partial charge in [-0.3, -0.25) is 9.59 Å². The Hall–Kier alpha value is -2.25. The molecule has 1 N–H and O–H groups in total. The predicted molar refractivity (Wildman–Crippen MR) is 95.1 cm³/mol. The van der Waals surface area contributed by atoms with Crippen molar-refractivity contribution < 1.29 is 14.3 Å². The molecule has 0 fully saturated rings. The van der Waals surface area contributed by atoms with E-state index in [0.717, 1.165) is 16.7 Å². The molecule has 1 aromatic heterocycles. The lowest BCUT2D eigenvalue weighted by molar-refractivity contribution is -0.131. The molecule has 25 heavy (non-hydrogen) atoms. The summed E-state index contributed by atoms with van der Waals surface area (Å²) in [5.74, 6) is -0.166. The van der Waals surface area contributed by atoms with Gasteiger partial charge in [0.05, 0.1) is 5.51 Å². The molecule has 2 aromatic rings. The molecule has 6 nitrogen and oxygen atoms in total. The summed E-state index contributed by atoms with van der Waals surface area (Å²) in [6, 6.07) is 6.06. The molecule has 3 rings (SSSR count). The first kappa shape index (κ1) is 17.6. The van der Waals surface area contributed by atoms with E-state index in [1.807, 2.05) is 19.1 Å². The lowest BCUT2D eigenvalue weighted by Crippen LogP contribution is -2.34. The summed E-state index contributed by atoms with van der Waals surface area (Å²) in [7, 11) is 0. The number of benzene rings is 1. The van der Waals surface area contributed by atoms with Crippen molar-refractivity contribution >= 4 is 23.2 Å². The van der Waals surface area contributed by atoms with Crippen molar-refractivity contribution in [1.29, 1.82) is 0 Å². The molecule has 132 valence electrons. The standard InChI is InChI=1S/C18H21N3O3S/c1-3-24-12(2)17(22)19-7-13-4-5-14-8-21(9-15(14)6-13)18(23)16-10-25-11-20-16/h4-6,10-12H,3,7-9H2,1-2H3,(H,19,22). The number of amides is 2. The number of thiazole rings is 1. The minimum atomic E-state index is -0.453. The maximum Gasteiger partial charge on any atom is 0.273 e. The maximum absolute atomic E-state index is 12.4. The van der Waals surface area contributed by atoms with Crippen molar-refractivity contribution in [2.24, 2.45) is 0 Å². The fourth-order valence-corrected chi connectivity index (χ4v) is 3.37. The minimum absolute atomic E-state index is 0.0437. The van der Waals surface area contributed by atoms with Gasteiger partial charge in [0, 0.05) is 31.6 Å². The summed E-state index contributed by atoms with van der Waals surface area (Å²) in [5, 5.41) is 4.65. The van der Waals surface area contributed by atoms with Gasteiger partial charge in [-0.2, -0.15) is 0 Å². The van der Waals surface area contributed by atoms with Crippen LogP contribution in [0.15, 0.2) is 29.1 Å². The van der Waals surface area contributed by atoms with E-state index < -0.39 is 6.10 Å². The second-order valence-corrected chi connectivity index (χ2v) is 6.67. The maximum atomic E-state index is 12.4. The Kier molecular flexibility index (Phi) is 5.45. The van der Waals surface area contributed by atoms with Gasteiger partial charge >= 0.3 is 0 Å². The monoisotopic (exact) mass is 359 g/mol. The molecule has 0 spiro atoms.